The van der Waals surface area contributed by atoms with Crippen LogP contribution in [0.15, 0.2) is 24.8 Å². The number of aliphatic hydroxyl groups is 1. The Hall–Kier alpha value is -2.64. The van der Waals surface area contributed by atoms with Gasteiger partial charge in [-0.3, -0.25) is 9.47 Å². The Balaban J connectivity index is 1.42. The van der Waals surface area contributed by atoms with Crippen LogP contribution in [0.4, 0.5) is 0 Å². The van der Waals surface area contributed by atoms with E-state index >= 15 is 0 Å². The van der Waals surface area contributed by atoms with Gasteiger partial charge in [-0.25, -0.2) is 0 Å². The summed E-state index contributed by atoms with van der Waals surface area (Å²) in [5.41, 5.74) is 0.851. The van der Waals surface area contributed by atoms with E-state index in [2.05, 4.69) is 11.5 Å². The van der Waals surface area contributed by atoms with Gasteiger partial charge < -0.3 is 25.2 Å². The fourth-order valence-electron chi connectivity index (χ4n) is 7.72. The van der Waals surface area contributed by atoms with Crippen LogP contribution in [-0.2, 0) is 11.8 Å². The highest BCUT2D eigenvalue weighted by molar-refractivity contribution is 5.63. The molecular weight excluding hydrogens is 420 g/mol. The number of benzene rings is 1. The molecule has 2 aromatic rings. The number of ether oxygens (including phenoxy) is 1. The highest BCUT2D eigenvalue weighted by Crippen LogP contribution is 2.67. The van der Waals surface area contributed by atoms with Gasteiger partial charge in [0.2, 0.25) is 5.88 Å². The maximum absolute atomic E-state index is 12.5. The Morgan fingerprint density at radius 3 is 2.70 bits per heavy atom. The van der Waals surface area contributed by atoms with E-state index in [0.29, 0.717) is 30.6 Å². The molecule has 3 heterocycles. The van der Waals surface area contributed by atoms with E-state index in [1.807, 2.05) is 6.07 Å². The van der Waals surface area contributed by atoms with Crippen molar-refractivity contribution in [2.24, 2.45) is 5.92 Å². The van der Waals surface area contributed by atoms with Gasteiger partial charge in [-0.2, -0.15) is 0 Å². The fraction of sp³-hybridized carbons (Fsp3) is 0.538. The average molecular weight is 451 g/mol. The van der Waals surface area contributed by atoms with E-state index in [1.165, 1.54) is 29.6 Å². The number of hydrogen-bond donors (Lipinski definition) is 4. The van der Waals surface area contributed by atoms with Crippen molar-refractivity contribution in [2.45, 2.75) is 67.7 Å². The lowest BCUT2D eigenvalue weighted by Gasteiger charge is -2.64. The molecule has 5 aliphatic rings. The second-order valence-corrected chi connectivity index (χ2v) is 10.8. The number of hydrogen-bond acceptors (Lipinski definition) is 6. The summed E-state index contributed by atoms with van der Waals surface area (Å²) in [6, 6.07) is 4.81. The van der Waals surface area contributed by atoms with Crippen molar-refractivity contribution in [1.82, 2.24) is 9.47 Å². The highest BCUT2D eigenvalue weighted by atomic mass is 16.5. The first-order chi connectivity index (χ1) is 15.9. The molecule has 33 heavy (non-hydrogen) atoms. The molecule has 1 saturated heterocycles. The van der Waals surface area contributed by atoms with Crippen molar-refractivity contribution in [2.75, 3.05) is 13.1 Å². The molecule has 4 N–H and O–H groups in total. The lowest BCUT2D eigenvalue weighted by molar-refractivity contribution is -0.196. The Morgan fingerprint density at radius 1 is 1.15 bits per heavy atom. The van der Waals surface area contributed by atoms with Gasteiger partial charge in [0.1, 0.15) is 6.10 Å². The zero-order valence-electron chi connectivity index (χ0n) is 18.6. The first-order valence-electron chi connectivity index (χ1n) is 12.1. The number of phenols is 1. The molecule has 7 rings (SSSR count). The zero-order chi connectivity index (χ0) is 22.7. The summed E-state index contributed by atoms with van der Waals surface area (Å²) in [7, 11) is 0. The average Bonchev–Trinajstić information content (AvgIpc) is 3.46. The van der Waals surface area contributed by atoms with Gasteiger partial charge >= 0.3 is 0 Å². The third-order valence-corrected chi connectivity index (χ3v) is 9.30. The number of piperidine rings is 1. The molecule has 0 unspecified atom stereocenters. The van der Waals surface area contributed by atoms with Crippen molar-refractivity contribution < 1.29 is 25.2 Å². The first kappa shape index (κ1) is 19.8. The van der Waals surface area contributed by atoms with E-state index in [9.17, 15) is 20.4 Å². The second kappa shape index (κ2) is 6.27. The highest BCUT2D eigenvalue weighted by Gasteiger charge is 2.73. The summed E-state index contributed by atoms with van der Waals surface area (Å²) in [6.07, 6.45) is 6.10. The van der Waals surface area contributed by atoms with E-state index in [1.54, 1.807) is 6.07 Å². The third kappa shape index (κ3) is 2.27. The molecule has 1 aromatic heterocycles. The smallest absolute Gasteiger partial charge is 0.201 e. The number of rotatable bonds is 4. The topological polar surface area (TPSA) is 98.3 Å². The zero-order valence-corrected chi connectivity index (χ0v) is 18.6. The van der Waals surface area contributed by atoms with Crippen molar-refractivity contribution >= 4 is 6.08 Å². The molecule has 5 atom stereocenters. The maximum atomic E-state index is 12.5. The molecule has 1 spiro atoms. The molecule has 7 heteroatoms. The van der Waals surface area contributed by atoms with E-state index < -0.39 is 17.1 Å². The Bertz CT molecular complexity index is 1190. The molecule has 0 radical (unpaired) electrons. The summed E-state index contributed by atoms with van der Waals surface area (Å²) in [4.78, 5) is 2.49. The van der Waals surface area contributed by atoms with E-state index in [-0.39, 0.29) is 29.6 Å². The number of likely N-dealkylation sites (tertiary alicyclic amines) is 1. The third-order valence-electron chi connectivity index (χ3n) is 9.30. The normalized spacial score (nSPS) is 36.3. The molecule has 2 aliphatic heterocycles. The van der Waals surface area contributed by atoms with Crippen LogP contribution in [0.25, 0.3) is 6.08 Å². The van der Waals surface area contributed by atoms with Crippen LogP contribution in [0.5, 0.6) is 23.3 Å². The van der Waals surface area contributed by atoms with Crippen LogP contribution in [0, 0.1) is 5.92 Å². The summed E-state index contributed by atoms with van der Waals surface area (Å²) in [6.45, 7) is 5.63. The second-order valence-electron chi connectivity index (χ2n) is 10.8. The molecule has 0 amide bonds. The number of aromatic nitrogens is 1. The summed E-state index contributed by atoms with van der Waals surface area (Å²) in [5.74, 6) is 1.20. The first-order valence-corrected chi connectivity index (χ1v) is 12.1. The van der Waals surface area contributed by atoms with Crippen LogP contribution in [0.1, 0.15) is 54.8 Å². The van der Waals surface area contributed by atoms with Gasteiger partial charge in [-0.05, 0) is 62.6 Å². The predicted molar refractivity (Wildman–Crippen MR) is 122 cm³/mol. The Labute approximate surface area is 192 Å². The molecule has 3 fully saturated rings. The molecule has 2 saturated carbocycles. The van der Waals surface area contributed by atoms with Crippen molar-refractivity contribution in [1.29, 1.82) is 0 Å². The van der Waals surface area contributed by atoms with Crippen LogP contribution < -0.4 is 4.74 Å². The van der Waals surface area contributed by atoms with Gasteiger partial charge in [-0.15, -0.1) is 0 Å². The number of phenolic OH excluding ortho intramolecular Hbond substituents is 1. The van der Waals surface area contributed by atoms with Gasteiger partial charge in [0.05, 0.1) is 17.1 Å². The van der Waals surface area contributed by atoms with Crippen LogP contribution in [-0.4, -0.2) is 60.7 Å². The predicted octanol–water partition coefficient (Wildman–Crippen LogP) is 3.05. The molecule has 174 valence electrons. The minimum absolute atomic E-state index is 0.00233. The van der Waals surface area contributed by atoms with Gasteiger partial charge in [0.15, 0.2) is 17.4 Å². The van der Waals surface area contributed by atoms with Crippen molar-refractivity contribution in [3.63, 3.8) is 0 Å². The molecular formula is C26H30N2O5. The van der Waals surface area contributed by atoms with E-state index in [0.717, 1.165) is 36.6 Å². The Kier molecular flexibility index (Phi) is 3.76. The van der Waals surface area contributed by atoms with Gasteiger partial charge in [0, 0.05) is 29.8 Å². The molecule has 3 aliphatic carbocycles. The van der Waals surface area contributed by atoms with Gasteiger partial charge in [0.25, 0.3) is 0 Å². The van der Waals surface area contributed by atoms with Crippen molar-refractivity contribution in [3.8, 4) is 23.3 Å². The molecule has 1 aromatic carbocycles. The van der Waals surface area contributed by atoms with E-state index in [4.69, 9.17) is 4.74 Å². The standard InChI is InChI=1S/C26H30N2O5/c1-2-15-12-20(30)28(24(15)31)17-7-8-26(32)19-11-16-5-6-18(29)22-21(16)25(26,23(17)33-22)9-10-27(19)13-14-3-4-14/h2,5-6,12,14,17,19,23,29-32H,1,3-4,7-11,13H2/t17-,19-,23+,25+,26-/m1/s1. The lowest BCUT2D eigenvalue weighted by Crippen LogP contribution is -2.76. The van der Waals surface area contributed by atoms with Crippen LogP contribution >= 0.6 is 0 Å². The summed E-state index contributed by atoms with van der Waals surface area (Å²) >= 11 is 0. The lowest BCUT2D eigenvalue weighted by atomic mass is 9.48. The molecule has 2 bridgehead atoms. The van der Waals surface area contributed by atoms with Crippen molar-refractivity contribution in [3.05, 3.63) is 41.5 Å². The fourth-order valence-corrected chi connectivity index (χ4v) is 7.72. The summed E-state index contributed by atoms with van der Waals surface area (Å²) < 4.78 is 8.05. The Morgan fingerprint density at radius 2 is 1.97 bits per heavy atom. The largest absolute Gasteiger partial charge is 0.504 e. The SMILES string of the molecule is C=Cc1cc(O)n([C@@H]2CC[C@@]3(O)[C@H]4Cc5ccc(O)c6c5[C@@]3(CCN4CC3CC3)[C@H]2O6)c1O. The monoisotopic (exact) mass is 450 g/mol. The quantitative estimate of drug-likeness (QED) is 0.572. The number of aromatic hydroxyl groups is 3. The van der Waals surface area contributed by atoms with Crippen LogP contribution in [0.2, 0.25) is 0 Å². The van der Waals surface area contributed by atoms with Gasteiger partial charge in [-0.1, -0.05) is 18.7 Å². The minimum Gasteiger partial charge on any atom is -0.504 e. The minimum atomic E-state index is -0.993. The summed E-state index contributed by atoms with van der Waals surface area (Å²) in [5, 5.41) is 44.9. The maximum Gasteiger partial charge on any atom is 0.201 e. The molecule has 7 nitrogen and oxygen atoms in total. The van der Waals surface area contributed by atoms with Crippen LogP contribution in [0.3, 0.4) is 0 Å². The number of nitrogens with zero attached hydrogens (tertiary/aromatic N) is 2.